The van der Waals surface area contributed by atoms with Crippen molar-refractivity contribution in [1.82, 2.24) is 14.9 Å². The number of nitrogens with one attached hydrogen (secondary N) is 1. The van der Waals surface area contributed by atoms with E-state index < -0.39 is 0 Å². The Hall–Kier alpha value is -2.55. The van der Waals surface area contributed by atoms with Crippen molar-refractivity contribution >= 4 is 29.4 Å². The normalized spacial score (nSPS) is 25.8. The largest absolute Gasteiger partial charge is 0.474 e. The number of halogens is 1. The third kappa shape index (κ3) is 4.67. The zero-order valence-electron chi connectivity index (χ0n) is 19.2. The molecular weight excluding hydrogens is 455 g/mol. The zero-order valence-corrected chi connectivity index (χ0v) is 20.0. The second-order valence-electron chi connectivity index (χ2n) is 9.82. The van der Waals surface area contributed by atoms with Gasteiger partial charge in [0.25, 0.3) is 0 Å². The maximum absolute atomic E-state index is 14.7. The summed E-state index contributed by atoms with van der Waals surface area (Å²) >= 11 is 1.73. The summed E-state index contributed by atoms with van der Waals surface area (Å²) in [6.07, 6.45) is 9.23. The number of amides is 1. The summed E-state index contributed by atoms with van der Waals surface area (Å²) in [5.74, 6) is 0.727. The topological polar surface area (TPSA) is 76.6 Å². The first kappa shape index (κ1) is 21.9. The Labute approximate surface area is 202 Å². The van der Waals surface area contributed by atoms with Crippen LogP contribution in [0, 0.1) is 12.7 Å². The summed E-state index contributed by atoms with van der Waals surface area (Å²) in [4.78, 5) is 24.1. The Bertz CT molecular complexity index is 1080. The van der Waals surface area contributed by atoms with E-state index in [1.807, 2.05) is 17.9 Å². The Morgan fingerprint density at radius 1 is 1.09 bits per heavy atom. The van der Waals surface area contributed by atoms with Gasteiger partial charge in [0, 0.05) is 35.1 Å². The first-order chi connectivity index (χ1) is 16.5. The van der Waals surface area contributed by atoms with Crippen molar-refractivity contribution in [1.29, 1.82) is 0 Å². The summed E-state index contributed by atoms with van der Waals surface area (Å²) in [5, 5.41) is 3.74. The van der Waals surface area contributed by atoms with Gasteiger partial charge in [0.15, 0.2) is 0 Å². The van der Waals surface area contributed by atoms with Crippen molar-refractivity contribution in [2.45, 2.75) is 92.7 Å². The second-order valence-corrected chi connectivity index (χ2v) is 11.2. The number of fused-ring (bicyclic) bond motifs is 2. The number of aromatic nitrogens is 2. The second kappa shape index (κ2) is 8.91. The van der Waals surface area contributed by atoms with Crippen LogP contribution in [0.2, 0.25) is 0 Å². The van der Waals surface area contributed by atoms with Crippen molar-refractivity contribution < 1.29 is 18.7 Å². The number of thioether (sulfide) groups is 1. The summed E-state index contributed by atoms with van der Waals surface area (Å²) in [7, 11) is 0. The molecule has 34 heavy (non-hydrogen) atoms. The van der Waals surface area contributed by atoms with Crippen LogP contribution in [-0.4, -0.2) is 50.5 Å². The van der Waals surface area contributed by atoms with Gasteiger partial charge in [-0.15, -0.1) is 11.8 Å². The fourth-order valence-electron chi connectivity index (χ4n) is 4.92. The van der Waals surface area contributed by atoms with Crippen LogP contribution in [0.25, 0.3) is 0 Å². The molecule has 2 aromatic rings. The highest BCUT2D eigenvalue weighted by Crippen LogP contribution is 2.41. The Balaban J connectivity index is 1.11. The number of benzene rings is 1. The number of carbonyl (C=O) groups is 1. The number of piperidine rings is 1. The van der Waals surface area contributed by atoms with Crippen LogP contribution in [0.5, 0.6) is 5.88 Å². The van der Waals surface area contributed by atoms with Crippen molar-refractivity contribution in [3.8, 4) is 5.88 Å². The predicted octanol–water partition coefficient (Wildman–Crippen LogP) is 5.60. The summed E-state index contributed by atoms with van der Waals surface area (Å²) in [5.41, 5.74) is 1.12. The molecule has 180 valence electrons. The minimum atomic E-state index is -0.298. The van der Waals surface area contributed by atoms with Crippen LogP contribution >= 0.6 is 11.8 Å². The molecule has 2 unspecified atom stereocenters. The summed E-state index contributed by atoms with van der Waals surface area (Å²) in [6.45, 7) is 1.88. The molecule has 2 saturated heterocycles. The molecule has 9 heteroatoms. The third-order valence-electron chi connectivity index (χ3n) is 7.03. The lowest BCUT2D eigenvalue weighted by atomic mass is 10.0. The van der Waals surface area contributed by atoms with Crippen molar-refractivity contribution in [3.63, 3.8) is 0 Å². The highest BCUT2D eigenvalue weighted by molar-refractivity contribution is 8.00. The van der Waals surface area contributed by atoms with Crippen LogP contribution in [0.1, 0.15) is 56.9 Å². The van der Waals surface area contributed by atoms with E-state index in [-0.39, 0.29) is 36.2 Å². The van der Waals surface area contributed by atoms with Crippen LogP contribution < -0.4 is 10.1 Å². The number of hydrogen-bond donors (Lipinski definition) is 1. The van der Waals surface area contributed by atoms with E-state index in [1.165, 1.54) is 19.2 Å². The smallest absolute Gasteiger partial charge is 0.410 e. The molecule has 1 amide bonds. The molecule has 4 aliphatic rings. The molecule has 2 aliphatic carbocycles. The molecule has 1 aromatic carbocycles. The fraction of sp³-hybridized carbons (Fsp3) is 0.560. The first-order valence-corrected chi connectivity index (χ1v) is 13.1. The van der Waals surface area contributed by atoms with Gasteiger partial charge in [0.05, 0.1) is 11.3 Å². The lowest BCUT2D eigenvalue weighted by Gasteiger charge is -2.38. The van der Waals surface area contributed by atoms with Gasteiger partial charge < -0.3 is 19.7 Å². The molecular formula is C25H29FN4O3S. The summed E-state index contributed by atoms with van der Waals surface area (Å²) < 4.78 is 26.5. The maximum atomic E-state index is 14.7. The van der Waals surface area contributed by atoms with E-state index in [4.69, 9.17) is 9.47 Å². The molecule has 7 nitrogen and oxygen atoms in total. The SMILES string of the molecule is Cc1c(Nc2ccc(SC3CC3)cc2F)ncnc1OC1CC2CCC(C1)N2C(=O)OC1CC1. The number of rotatable bonds is 7. The fourth-order valence-corrected chi connectivity index (χ4v) is 6.00. The van der Waals surface area contributed by atoms with Crippen LogP contribution in [0.15, 0.2) is 29.4 Å². The predicted molar refractivity (Wildman–Crippen MR) is 127 cm³/mol. The zero-order chi connectivity index (χ0) is 23.2. The average Bonchev–Trinajstić information content (AvgIpc) is 3.74. The number of carbonyl (C=O) groups excluding carboxylic acids is 1. The van der Waals surface area contributed by atoms with E-state index in [2.05, 4.69) is 15.3 Å². The van der Waals surface area contributed by atoms with Gasteiger partial charge in [0.2, 0.25) is 5.88 Å². The molecule has 1 N–H and O–H groups in total. The highest BCUT2D eigenvalue weighted by Gasteiger charge is 2.46. The van der Waals surface area contributed by atoms with Crippen LogP contribution in [-0.2, 0) is 4.74 Å². The molecule has 3 heterocycles. The number of nitrogens with zero attached hydrogens (tertiary/aromatic N) is 3. The van der Waals surface area contributed by atoms with Crippen molar-refractivity contribution in [2.75, 3.05) is 5.32 Å². The van der Waals surface area contributed by atoms with E-state index in [1.54, 1.807) is 23.9 Å². The third-order valence-corrected chi connectivity index (χ3v) is 8.36. The van der Waals surface area contributed by atoms with Crippen LogP contribution in [0.3, 0.4) is 0 Å². The van der Waals surface area contributed by atoms with Gasteiger partial charge in [-0.05, 0) is 63.6 Å². The van der Waals surface area contributed by atoms with Gasteiger partial charge in [0.1, 0.15) is 30.2 Å². The molecule has 0 spiro atoms. The van der Waals surface area contributed by atoms with Gasteiger partial charge in [-0.1, -0.05) is 0 Å². The lowest BCUT2D eigenvalue weighted by Crippen LogP contribution is -2.49. The maximum Gasteiger partial charge on any atom is 0.410 e. The van der Waals surface area contributed by atoms with E-state index in [0.29, 0.717) is 22.6 Å². The molecule has 2 bridgehead atoms. The summed E-state index contributed by atoms with van der Waals surface area (Å²) in [6, 6.07) is 5.58. The van der Waals surface area contributed by atoms with Crippen LogP contribution in [0.4, 0.5) is 20.7 Å². The standard InChI is InChI=1S/C25H29FN4O3S/c1-14-23(29-22-9-8-20(12-21(22)26)34-19-6-7-19)27-13-28-24(14)32-18-10-15-2-3-16(11-18)30(15)25(31)33-17-4-5-17/h8-9,12-13,15-19H,2-7,10-11H2,1H3,(H,27,28,29). The van der Waals surface area contributed by atoms with Gasteiger partial charge in [-0.2, -0.15) is 0 Å². The van der Waals surface area contributed by atoms with Gasteiger partial charge in [-0.25, -0.2) is 19.2 Å². The Morgan fingerprint density at radius 3 is 2.53 bits per heavy atom. The Kier molecular flexibility index (Phi) is 5.75. The van der Waals surface area contributed by atoms with Crippen molar-refractivity contribution in [2.24, 2.45) is 0 Å². The van der Waals surface area contributed by atoms with Gasteiger partial charge in [-0.3, -0.25) is 0 Å². The quantitative estimate of drug-likeness (QED) is 0.548. The molecule has 2 atom stereocenters. The highest BCUT2D eigenvalue weighted by atomic mass is 32.2. The van der Waals surface area contributed by atoms with E-state index >= 15 is 0 Å². The number of anilines is 2. The minimum Gasteiger partial charge on any atom is -0.474 e. The van der Waals surface area contributed by atoms with E-state index in [0.717, 1.165) is 49.0 Å². The Morgan fingerprint density at radius 2 is 1.85 bits per heavy atom. The monoisotopic (exact) mass is 484 g/mol. The molecule has 4 fully saturated rings. The molecule has 2 aliphatic heterocycles. The molecule has 1 aromatic heterocycles. The van der Waals surface area contributed by atoms with Gasteiger partial charge >= 0.3 is 6.09 Å². The van der Waals surface area contributed by atoms with Crippen molar-refractivity contribution in [3.05, 3.63) is 35.9 Å². The van der Waals surface area contributed by atoms with E-state index in [9.17, 15) is 9.18 Å². The first-order valence-electron chi connectivity index (χ1n) is 12.2. The number of ether oxygens (including phenoxy) is 2. The number of hydrogen-bond acceptors (Lipinski definition) is 7. The minimum absolute atomic E-state index is 0.0283. The lowest BCUT2D eigenvalue weighted by molar-refractivity contribution is 0.0289. The molecule has 2 saturated carbocycles. The molecule has 6 rings (SSSR count). The molecule has 0 radical (unpaired) electrons. The average molecular weight is 485 g/mol.